The summed E-state index contributed by atoms with van der Waals surface area (Å²) in [7, 11) is 0. The van der Waals surface area contributed by atoms with Gasteiger partial charge in [0, 0.05) is 18.0 Å². The molecule has 92 valence electrons. The van der Waals surface area contributed by atoms with Crippen LogP contribution in [0.25, 0.3) is 0 Å². The van der Waals surface area contributed by atoms with E-state index in [1.165, 1.54) is 12.8 Å². The van der Waals surface area contributed by atoms with Crippen LogP contribution in [0.15, 0.2) is 24.3 Å². The lowest BCUT2D eigenvalue weighted by Crippen LogP contribution is -2.18. The maximum absolute atomic E-state index is 11.5. The molecule has 1 saturated carbocycles. The van der Waals surface area contributed by atoms with E-state index in [9.17, 15) is 4.79 Å². The van der Waals surface area contributed by atoms with Crippen molar-refractivity contribution < 1.29 is 9.53 Å². The fourth-order valence-corrected chi connectivity index (χ4v) is 1.63. The summed E-state index contributed by atoms with van der Waals surface area (Å²) in [5.74, 6) is 0.707. The number of carbonyl (C=O) groups is 1. The van der Waals surface area contributed by atoms with Crippen LogP contribution in [0.5, 0.6) is 0 Å². The van der Waals surface area contributed by atoms with Crippen molar-refractivity contribution in [3.05, 3.63) is 24.3 Å². The molecule has 0 aromatic heterocycles. The van der Waals surface area contributed by atoms with Gasteiger partial charge in [-0.3, -0.25) is 4.79 Å². The van der Waals surface area contributed by atoms with E-state index in [1.54, 1.807) is 24.3 Å². The highest BCUT2D eigenvalue weighted by atomic mass is 16.5. The molecule has 4 nitrogen and oxygen atoms in total. The molecule has 1 aromatic rings. The molecule has 0 atom stereocenters. The topological polar surface area (TPSA) is 64.3 Å². The average molecular weight is 234 g/mol. The Morgan fingerprint density at radius 3 is 3.00 bits per heavy atom. The van der Waals surface area contributed by atoms with E-state index in [4.69, 9.17) is 10.5 Å². The summed E-state index contributed by atoms with van der Waals surface area (Å²) in [6.07, 6.45) is 3.71. The summed E-state index contributed by atoms with van der Waals surface area (Å²) in [6, 6.07) is 7.11. The van der Waals surface area contributed by atoms with Crippen LogP contribution in [-0.2, 0) is 9.53 Å². The molecular weight excluding hydrogens is 216 g/mol. The molecular formula is C13H18N2O2. The number of anilines is 2. The van der Waals surface area contributed by atoms with Crippen molar-refractivity contribution in [2.45, 2.75) is 19.3 Å². The third-order valence-corrected chi connectivity index (χ3v) is 2.77. The Morgan fingerprint density at radius 1 is 1.47 bits per heavy atom. The normalized spacial score (nSPS) is 14.6. The second kappa shape index (κ2) is 5.68. The molecule has 1 aliphatic carbocycles. The van der Waals surface area contributed by atoms with E-state index in [2.05, 4.69) is 5.32 Å². The van der Waals surface area contributed by atoms with E-state index in [-0.39, 0.29) is 12.5 Å². The molecule has 3 N–H and O–H groups in total. The van der Waals surface area contributed by atoms with Crippen LogP contribution in [0.1, 0.15) is 19.3 Å². The van der Waals surface area contributed by atoms with Crippen molar-refractivity contribution in [2.75, 3.05) is 24.3 Å². The fourth-order valence-electron chi connectivity index (χ4n) is 1.63. The molecule has 0 saturated heterocycles. The number of nitrogens with two attached hydrogens (primary N) is 1. The average Bonchev–Trinajstić information content (AvgIpc) is 3.08. The van der Waals surface area contributed by atoms with Gasteiger partial charge in [-0.25, -0.2) is 0 Å². The van der Waals surface area contributed by atoms with Crippen molar-refractivity contribution in [3.8, 4) is 0 Å². The molecule has 1 fully saturated rings. The Bertz CT molecular complexity index is 389. The van der Waals surface area contributed by atoms with Crippen LogP contribution in [-0.4, -0.2) is 19.1 Å². The highest BCUT2D eigenvalue weighted by Gasteiger charge is 2.20. The van der Waals surface area contributed by atoms with Gasteiger partial charge < -0.3 is 15.8 Å². The van der Waals surface area contributed by atoms with Crippen LogP contribution in [0.4, 0.5) is 11.4 Å². The number of hydrogen-bond acceptors (Lipinski definition) is 3. The predicted molar refractivity (Wildman–Crippen MR) is 67.6 cm³/mol. The molecule has 2 rings (SSSR count). The van der Waals surface area contributed by atoms with Gasteiger partial charge in [0.15, 0.2) is 0 Å². The number of benzene rings is 1. The number of hydrogen-bond donors (Lipinski definition) is 2. The van der Waals surface area contributed by atoms with Crippen molar-refractivity contribution >= 4 is 17.3 Å². The van der Waals surface area contributed by atoms with Crippen molar-refractivity contribution in [2.24, 2.45) is 5.92 Å². The van der Waals surface area contributed by atoms with Gasteiger partial charge in [-0.05, 0) is 30.5 Å². The van der Waals surface area contributed by atoms with Crippen LogP contribution in [0.3, 0.4) is 0 Å². The summed E-state index contributed by atoms with van der Waals surface area (Å²) >= 11 is 0. The highest BCUT2D eigenvalue weighted by molar-refractivity contribution is 5.92. The largest absolute Gasteiger partial charge is 0.399 e. The second-order valence-corrected chi connectivity index (χ2v) is 4.46. The van der Waals surface area contributed by atoms with Gasteiger partial charge in [0.2, 0.25) is 5.91 Å². The number of rotatable bonds is 6. The molecule has 17 heavy (non-hydrogen) atoms. The summed E-state index contributed by atoms with van der Waals surface area (Å²) in [4.78, 5) is 11.5. The van der Waals surface area contributed by atoms with Crippen molar-refractivity contribution in [1.29, 1.82) is 0 Å². The fraction of sp³-hybridized carbons (Fsp3) is 0.462. The Hall–Kier alpha value is -1.55. The number of ether oxygens (including phenoxy) is 1. The zero-order chi connectivity index (χ0) is 12.1. The molecule has 0 unspecified atom stereocenters. The van der Waals surface area contributed by atoms with Gasteiger partial charge >= 0.3 is 0 Å². The Balaban J connectivity index is 1.65. The monoisotopic (exact) mass is 234 g/mol. The molecule has 1 aromatic carbocycles. The summed E-state index contributed by atoms with van der Waals surface area (Å²) in [5, 5.41) is 2.74. The third kappa shape index (κ3) is 4.44. The molecule has 0 radical (unpaired) electrons. The van der Waals surface area contributed by atoms with Crippen molar-refractivity contribution in [3.63, 3.8) is 0 Å². The predicted octanol–water partition coefficient (Wildman–Crippen LogP) is 2.02. The quantitative estimate of drug-likeness (QED) is 0.584. The van der Waals surface area contributed by atoms with Gasteiger partial charge in [-0.15, -0.1) is 0 Å². The standard InChI is InChI=1S/C13H18N2O2/c14-11-2-1-3-12(8-11)15-13(16)9-17-7-6-10-4-5-10/h1-3,8,10H,4-7,9,14H2,(H,15,16). The minimum absolute atomic E-state index is 0.113. The summed E-state index contributed by atoms with van der Waals surface area (Å²) in [6.45, 7) is 0.788. The number of amides is 1. The minimum Gasteiger partial charge on any atom is -0.399 e. The maximum atomic E-state index is 11.5. The first-order valence-corrected chi connectivity index (χ1v) is 5.97. The first-order chi connectivity index (χ1) is 8.24. The SMILES string of the molecule is Nc1cccc(NC(=O)COCCC2CC2)c1. The zero-order valence-corrected chi connectivity index (χ0v) is 9.82. The van der Waals surface area contributed by atoms with Gasteiger partial charge in [-0.2, -0.15) is 0 Å². The molecule has 0 aliphatic heterocycles. The van der Waals surface area contributed by atoms with Gasteiger partial charge in [0.05, 0.1) is 0 Å². The molecule has 0 spiro atoms. The number of carbonyl (C=O) groups excluding carboxylic acids is 1. The van der Waals surface area contributed by atoms with Crippen LogP contribution >= 0.6 is 0 Å². The minimum atomic E-state index is -0.133. The third-order valence-electron chi connectivity index (χ3n) is 2.77. The number of nitrogens with one attached hydrogen (secondary N) is 1. The maximum Gasteiger partial charge on any atom is 0.250 e. The molecule has 0 heterocycles. The lowest BCUT2D eigenvalue weighted by Gasteiger charge is -2.06. The smallest absolute Gasteiger partial charge is 0.250 e. The Kier molecular flexibility index (Phi) is 3.98. The van der Waals surface area contributed by atoms with Crippen LogP contribution in [0.2, 0.25) is 0 Å². The zero-order valence-electron chi connectivity index (χ0n) is 9.82. The first kappa shape index (κ1) is 11.9. The Labute approximate surface area is 101 Å². The Morgan fingerprint density at radius 2 is 2.29 bits per heavy atom. The van der Waals surface area contributed by atoms with E-state index in [0.717, 1.165) is 12.3 Å². The number of nitrogen functional groups attached to an aromatic ring is 1. The second-order valence-electron chi connectivity index (χ2n) is 4.46. The van der Waals surface area contributed by atoms with Crippen LogP contribution < -0.4 is 11.1 Å². The van der Waals surface area contributed by atoms with Crippen molar-refractivity contribution in [1.82, 2.24) is 0 Å². The van der Waals surface area contributed by atoms with E-state index in [1.807, 2.05) is 0 Å². The summed E-state index contributed by atoms with van der Waals surface area (Å²) in [5.41, 5.74) is 6.96. The molecule has 0 bridgehead atoms. The lowest BCUT2D eigenvalue weighted by atomic mass is 10.3. The van der Waals surface area contributed by atoms with Gasteiger partial charge in [-0.1, -0.05) is 18.9 Å². The highest BCUT2D eigenvalue weighted by Crippen LogP contribution is 2.32. The molecule has 1 amide bonds. The van der Waals surface area contributed by atoms with E-state index < -0.39 is 0 Å². The van der Waals surface area contributed by atoms with E-state index >= 15 is 0 Å². The molecule has 4 heteroatoms. The van der Waals surface area contributed by atoms with E-state index in [0.29, 0.717) is 18.0 Å². The van der Waals surface area contributed by atoms with Gasteiger partial charge in [0.1, 0.15) is 6.61 Å². The first-order valence-electron chi connectivity index (χ1n) is 5.97. The summed E-state index contributed by atoms with van der Waals surface area (Å²) < 4.78 is 5.31. The molecule has 1 aliphatic rings. The van der Waals surface area contributed by atoms with Crippen LogP contribution in [0, 0.1) is 5.92 Å². The van der Waals surface area contributed by atoms with Gasteiger partial charge in [0.25, 0.3) is 0 Å². The lowest BCUT2D eigenvalue weighted by molar-refractivity contribution is -0.120.